The molecule has 0 saturated heterocycles. The summed E-state index contributed by atoms with van der Waals surface area (Å²) in [5, 5.41) is 1.88. The summed E-state index contributed by atoms with van der Waals surface area (Å²) >= 11 is 1.38. The van der Waals surface area contributed by atoms with E-state index in [0.29, 0.717) is 17.8 Å². The van der Waals surface area contributed by atoms with Crippen molar-refractivity contribution in [3.05, 3.63) is 87.7 Å². The Bertz CT molecular complexity index is 1020. The van der Waals surface area contributed by atoms with E-state index in [-0.39, 0.29) is 12.5 Å². The minimum absolute atomic E-state index is 0.357. The molecule has 1 amide bonds. The van der Waals surface area contributed by atoms with Gasteiger partial charge in [0.05, 0.1) is 5.92 Å². The lowest BCUT2D eigenvalue weighted by Crippen LogP contribution is -2.22. The van der Waals surface area contributed by atoms with Gasteiger partial charge in [-0.15, -0.1) is 11.3 Å². The first-order valence-electron chi connectivity index (χ1n) is 9.55. The molecule has 0 unspecified atom stereocenters. The Morgan fingerprint density at radius 1 is 1.10 bits per heavy atom. The summed E-state index contributed by atoms with van der Waals surface area (Å²) in [5.41, 5.74) is 3.22. The van der Waals surface area contributed by atoms with Crippen LogP contribution in [0.4, 0.5) is 0 Å². The number of amides is 1. The van der Waals surface area contributed by atoms with Gasteiger partial charge in [0.25, 0.3) is 5.91 Å². The Morgan fingerprint density at radius 3 is 2.52 bits per heavy atom. The topological polar surface area (TPSA) is 60.7 Å². The van der Waals surface area contributed by atoms with Gasteiger partial charge in [-0.1, -0.05) is 67.1 Å². The molecule has 0 fully saturated rings. The highest BCUT2D eigenvalue weighted by Gasteiger charge is 2.20. The van der Waals surface area contributed by atoms with E-state index in [0.717, 1.165) is 11.1 Å². The first-order valence-corrected chi connectivity index (χ1v) is 10.4. The minimum atomic E-state index is -0.471. The van der Waals surface area contributed by atoms with Crippen molar-refractivity contribution in [2.75, 3.05) is 6.61 Å². The summed E-state index contributed by atoms with van der Waals surface area (Å²) in [6, 6.07) is 17.7. The van der Waals surface area contributed by atoms with Crippen LogP contribution >= 0.6 is 11.3 Å². The number of rotatable bonds is 7. The van der Waals surface area contributed by atoms with Crippen molar-refractivity contribution in [3.8, 4) is 0 Å². The van der Waals surface area contributed by atoms with Crippen molar-refractivity contribution in [1.29, 1.82) is 0 Å². The number of aromatic nitrogens is 1. The number of thiazole rings is 1. The normalized spacial score (nSPS) is 12.6. The molecule has 29 heavy (non-hydrogen) atoms. The number of nitrogens with zero attached hydrogens (tertiary/aromatic N) is 2. The van der Waals surface area contributed by atoms with Gasteiger partial charge in [-0.05, 0) is 24.5 Å². The maximum atomic E-state index is 12.4. The van der Waals surface area contributed by atoms with Crippen molar-refractivity contribution in [2.24, 2.45) is 4.99 Å². The number of esters is 1. The predicted molar refractivity (Wildman–Crippen MR) is 114 cm³/mol. The van der Waals surface area contributed by atoms with E-state index in [1.54, 1.807) is 0 Å². The predicted octanol–water partition coefficient (Wildman–Crippen LogP) is 4.07. The van der Waals surface area contributed by atoms with Crippen LogP contribution in [0.2, 0.25) is 0 Å². The molecular weight excluding hydrogens is 384 g/mol. The van der Waals surface area contributed by atoms with Crippen molar-refractivity contribution in [3.63, 3.8) is 0 Å². The second-order valence-electron chi connectivity index (χ2n) is 6.78. The average Bonchev–Trinajstić information content (AvgIpc) is 3.16. The molecule has 0 aliphatic carbocycles. The largest absolute Gasteiger partial charge is 0.455 e. The molecule has 0 radical (unpaired) electrons. The van der Waals surface area contributed by atoms with Crippen LogP contribution in [-0.2, 0) is 20.9 Å². The lowest BCUT2D eigenvalue weighted by Gasteiger charge is -2.13. The van der Waals surface area contributed by atoms with Crippen LogP contribution in [0.15, 0.2) is 71.2 Å². The van der Waals surface area contributed by atoms with Crippen LogP contribution in [0.25, 0.3) is 0 Å². The molecule has 1 atom stereocenters. The molecule has 1 heterocycles. The summed E-state index contributed by atoms with van der Waals surface area (Å²) in [6.07, 6.45) is 2.50. The summed E-state index contributed by atoms with van der Waals surface area (Å²) in [5.74, 6) is -1.25. The van der Waals surface area contributed by atoms with Gasteiger partial charge >= 0.3 is 5.97 Å². The molecule has 0 N–H and O–H groups in total. The lowest BCUT2D eigenvalue weighted by molar-refractivity contribution is -0.149. The molecule has 3 rings (SSSR count). The summed E-state index contributed by atoms with van der Waals surface area (Å²) in [7, 11) is 0. The molecule has 6 heteroatoms. The lowest BCUT2D eigenvalue weighted by atomic mass is 9.97. The molecule has 0 saturated carbocycles. The smallest absolute Gasteiger partial charge is 0.313 e. The summed E-state index contributed by atoms with van der Waals surface area (Å²) in [4.78, 5) is 29.4. The first-order chi connectivity index (χ1) is 14.1. The van der Waals surface area contributed by atoms with Crippen molar-refractivity contribution in [1.82, 2.24) is 4.57 Å². The summed E-state index contributed by atoms with van der Waals surface area (Å²) < 4.78 is 7.16. The second-order valence-corrected chi connectivity index (χ2v) is 7.66. The van der Waals surface area contributed by atoms with E-state index in [9.17, 15) is 9.59 Å². The number of aryl methyl sites for hydroxylation is 1. The van der Waals surface area contributed by atoms with Gasteiger partial charge in [0, 0.05) is 18.1 Å². The van der Waals surface area contributed by atoms with E-state index < -0.39 is 11.9 Å². The van der Waals surface area contributed by atoms with Crippen LogP contribution in [0.5, 0.6) is 0 Å². The Hall–Kier alpha value is -2.99. The van der Waals surface area contributed by atoms with Gasteiger partial charge in [0.1, 0.15) is 0 Å². The zero-order valence-corrected chi connectivity index (χ0v) is 17.4. The van der Waals surface area contributed by atoms with E-state index >= 15 is 0 Å². The van der Waals surface area contributed by atoms with Crippen LogP contribution in [-0.4, -0.2) is 23.1 Å². The number of hydrogen-bond acceptors (Lipinski definition) is 4. The van der Waals surface area contributed by atoms with Gasteiger partial charge in [-0.3, -0.25) is 9.59 Å². The fourth-order valence-corrected chi connectivity index (χ4v) is 3.74. The van der Waals surface area contributed by atoms with Gasteiger partial charge in [-0.2, -0.15) is 4.99 Å². The molecule has 0 aliphatic heterocycles. The zero-order chi connectivity index (χ0) is 20.6. The third kappa shape index (κ3) is 5.74. The molecule has 1 aromatic heterocycles. The van der Waals surface area contributed by atoms with Crippen molar-refractivity contribution in [2.45, 2.75) is 32.7 Å². The number of carbonyl (C=O) groups is 2. The van der Waals surface area contributed by atoms with E-state index in [4.69, 9.17) is 4.74 Å². The Balaban J connectivity index is 1.63. The van der Waals surface area contributed by atoms with Crippen LogP contribution in [0.3, 0.4) is 0 Å². The fraction of sp³-hybridized carbons (Fsp3) is 0.261. The quantitative estimate of drug-likeness (QED) is 0.554. The zero-order valence-electron chi connectivity index (χ0n) is 16.6. The molecular formula is C23H24N2O3S. The number of carbonyl (C=O) groups excluding carboxylic acids is 2. The number of ether oxygens (including phenoxy) is 1. The summed E-state index contributed by atoms with van der Waals surface area (Å²) in [6.45, 7) is 4.24. The van der Waals surface area contributed by atoms with E-state index in [2.05, 4.69) is 29.3 Å². The monoisotopic (exact) mass is 408 g/mol. The molecule has 5 nitrogen and oxygen atoms in total. The Labute approximate surface area is 174 Å². The molecule has 0 spiro atoms. The highest BCUT2D eigenvalue weighted by atomic mass is 32.1. The molecule has 150 valence electrons. The highest BCUT2D eigenvalue weighted by molar-refractivity contribution is 7.07. The number of hydrogen-bond donors (Lipinski definition) is 0. The highest BCUT2D eigenvalue weighted by Crippen LogP contribution is 2.20. The standard InChI is InChI=1S/C23H24N2O3S/c1-3-20(19-7-5-4-6-8-19)22(27)28-16-21(26)24-23-25(13-14-29-23)15-18-11-9-17(2)10-12-18/h4-14,20H,3,15-16H2,1-2H3/t20-/m1/s1. The fourth-order valence-electron chi connectivity index (χ4n) is 2.99. The van der Waals surface area contributed by atoms with Crippen LogP contribution in [0.1, 0.15) is 36.0 Å². The van der Waals surface area contributed by atoms with Gasteiger partial charge in [-0.25, -0.2) is 0 Å². The second kappa shape index (κ2) is 9.98. The maximum Gasteiger partial charge on any atom is 0.313 e. The third-order valence-corrected chi connectivity index (χ3v) is 5.38. The van der Waals surface area contributed by atoms with Crippen molar-refractivity contribution < 1.29 is 14.3 Å². The Kier molecular flexibility index (Phi) is 7.14. The van der Waals surface area contributed by atoms with E-state index in [1.165, 1.54) is 16.9 Å². The van der Waals surface area contributed by atoms with Gasteiger partial charge in [0.2, 0.25) is 0 Å². The number of benzene rings is 2. The van der Waals surface area contributed by atoms with Gasteiger partial charge < -0.3 is 9.30 Å². The van der Waals surface area contributed by atoms with E-state index in [1.807, 2.05) is 60.3 Å². The molecule has 3 aromatic rings. The van der Waals surface area contributed by atoms with Crippen LogP contribution in [0, 0.1) is 6.92 Å². The molecule has 2 aromatic carbocycles. The maximum absolute atomic E-state index is 12.4. The van der Waals surface area contributed by atoms with Crippen LogP contribution < -0.4 is 4.80 Å². The molecule has 0 bridgehead atoms. The Morgan fingerprint density at radius 2 is 1.83 bits per heavy atom. The first kappa shape index (κ1) is 20.7. The third-order valence-electron chi connectivity index (χ3n) is 4.59. The average molecular weight is 409 g/mol. The van der Waals surface area contributed by atoms with Gasteiger partial charge in [0.15, 0.2) is 11.4 Å². The van der Waals surface area contributed by atoms with Crippen molar-refractivity contribution >= 4 is 23.2 Å². The minimum Gasteiger partial charge on any atom is -0.455 e. The molecule has 0 aliphatic rings. The SMILES string of the molecule is CC[C@@H](C(=O)OCC(=O)N=c1sccn1Cc1ccc(C)cc1)c1ccccc1.